The minimum Gasteiger partial charge on any atom is -0.475 e. The number of carbonyl (C=O) groups excluding carboxylic acids is 2. The first kappa shape index (κ1) is 25.6. The summed E-state index contributed by atoms with van der Waals surface area (Å²) >= 11 is 1.37. The van der Waals surface area contributed by atoms with E-state index < -0.39 is 12.1 Å². The number of carboxylic acid groups (broad SMARTS) is 1. The molecule has 2 aromatic heterocycles. The van der Waals surface area contributed by atoms with Crippen LogP contribution in [0.4, 0.5) is 18.9 Å². The molecule has 0 aliphatic heterocycles. The number of aromatic nitrogens is 2. The van der Waals surface area contributed by atoms with Crippen molar-refractivity contribution in [2.75, 3.05) is 5.32 Å². The molecule has 0 aliphatic rings. The molecular formula is C21H21F3N4O4S. The lowest BCUT2D eigenvalue weighted by molar-refractivity contribution is -0.192. The lowest BCUT2D eigenvalue weighted by Gasteiger charge is -2.08. The number of aliphatic carboxylic acids is 1. The Morgan fingerprint density at radius 3 is 2.18 bits per heavy atom. The van der Waals surface area contributed by atoms with Gasteiger partial charge in [-0.25, -0.2) is 9.78 Å². The van der Waals surface area contributed by atoms with E-state index in [-0.39, 0.29) is 11.8 Å². The maximum atomic E-state index is 12.4. The molecule has 3 N–H and O–H groups in total. The number of hydrogen-bond acceptors (Lipinski definition) is 5. The maximum Gasteiger partial charge on any atom is 0.490 e. The van der Waals surface area contributed by atoms with Crippen molar-refractivity contribution in [3.63, 3.8) is 0 Å². The number of aryl methyl sites for hydroxylation is 1. The van der Waals surface area contributed by atoms with E-state index in [9.17, 15) is 22.8 Å². The van der Waals surface area contributed by atoms with Crippen LogP contribution in [0.25, 0.3) is 5.69 Å². The Morgan fingerprint density at radius 1 is 1.09 bits per heavy atom. The molecule has 0 spiro atoms. The second kappa shape index (κ2) is 10.8. The SMILES string of the molecule is CC(=O)NCc1ccc(C(=O)Nc2ccc(-n3cnc(C)c3C)cc2)s1.O=C(O)C(F)(F)F. The first-order chi connectivity index (χ1) is 15.4. The molecule has 33 heavy (non-hydrogen) atoms. The predicted molar refractivity (Wildman–Crippen MR) is 117 cm³/mol. The fraction of sp³-hybridized carbons (Fsp3) is 0.238. The number of nitrogens with zero attached hydrogens (tertiary/aromatic N) is 2. The Bertz CT molecular complexity index is 1140. The van der Waals surface area contributed by atoms with E-state index in [2.05, 4.69) is 15.6 Å². The van der Waals surface area contributed by atoms with Crippen LogP contribution < -0.4 is 10.6 Å². The molecule has 0 atom stereocenters. The van der Waals surface area contributed by atoms with Crippen LogP contribution in [0.1, 0.15) is 32.9 Å². The molecule has 0 fully saturated rings. The summed E-state index contributed by atoms with van der Waals surface area (Å²) < 4.78 is 33.7. The highest BCUT2D eigenvalue weighted by Gasteiger charge is 2.38. The van der Waals surface area contributed by atoms with Crippen LogP contribution in [0.5, 0.6) is 0 Å². The van der Waals surface area contributed by atoms with Gasteiger partial charge in [-0.2, -0.15) is 13.2 Å². The van der Waals surface area contributed by atoms with Gasteiger partial charge in [0.25, 0.3) is 5.91 Å². The summed E-state index contributed by atoms with van der Waals surface area (Å²) in [7, 11) is 0. The van der Waals surface area contributed by atoms with E-state index in [1.54, 1.807) is 12.4 Å². The summed E-state index contributed by atoms with van der Waals surface area (Å²) in [6.45, 7) is 5.90. The Balaban J connectivity index is 0.000000479. The molecule has 3 aromatic rings. The van der Waals surface area contributed by atoms with Gasteiger partial charge in [0.2, 0.25) is 5.91 Å². The quantitative estimate of drug-likeness (QED) is 0.507. The molecule has 0 bridgehead atoms. The van der Waals surface area contributed by atoms with Gasteiger partial charge >= 0.3 is 12.1 Å². The molecule has 0 saturated heterocycles. The number of imidazole rings is 1. The summed E-state index contributed by atoms with van der Waals surface area (Å²) in [5, 5.41) is 12.7. The van der Waals surface area contributed by atoms with E-state index in [0.29, 0.717) is 11.4 Å². The largest absolute Gasteiger partial charge is 0.490 e. The number of carboxylic acids is 1. The first-order valence-corrected chi connectivity index (χ1v) is 10.3. The number of thiophene rings is 1. The van der Waals surface area contributed by atoms with Crippen LogP contribution in [0.15, 0.2) is 42.7 Å². The van der Waals surface area contributed by atoms with Crippen LogP contribution in [0.3, 0.4) is 0 Å². The highest BCUT2D eigenvalue weighted by atomic mass is 32.1. The summed E-state index contributed by atoms with van der Waals surface area (Å²) in [5.41, 5.74) is 3.81. The van der Waals surface area contributed by atoms with Crippen molar-refractivity contribution in [1.82, 2.24) is 14.9 Å². The van der Waals surface area contributed by atoms with Crippen LogP contribution in [-0.2, 0) is 16.1 Å². The Labute approximate surface area is 191 Å². The van der Waals surface area contributed by atoms with Crippen molar-refractivity contribution >= 4 is 34.8 Å². The number of halogens is 3. The van der Waals surface area contributed by atoms with Crippen molar-refractivity contribution in [3.05, 3.63) is 63.9 Å². The van der Waals surface area contributed by atoms with Gasteiger partial charge in [0.15, 0.2) is 0 Å². The van der Waals surface area contributed by atoms with Crippen molar-refractivity contribution in [2.24, 2.45) is 0 Å². The van der Waals surface area contributed by atoms with E-state index in [0.717, 1.165) is 27.6 Å². The fourth-order valence-corrected chi connectivity index (χ4v) is 3.31. The topological polar surface area (TPSA) is 113 Å². The van der Waals surface area contributed by atoms with Crippen molar-refractivity contribution in [2.45, 2.75) is 33.5 Å². The van der Waals surface area contributed by atoms with Gasteiger partial charge in [-0.15, -0.1) is 11.3 Å². The summed E-state index contributed by atoms with van der Waals surface area (Å²) in [5.74, 6) is -3.01. The van der Waals surface area contributed by atoms with Gasteiger partial charge in [-0.1, -0.05) is 0 Å². The zero-order valence-corrected chi connectivity index (χ0v) is 18.7. The number of benzene rings is 1. The third-order valence-electron chi connectivity index (χ3n) is 4.29. The molecule has 0 unspecified atom stereocenters. The second-order valence-corrected chi connectivity index (χ2v) is 7.93. The summed E-state index contributed by atoms with van der Waals surface area (Å²) in [6, 6.07) is 11.2. The smallest absolute Gasteiger partial charge is 0.475 e. The molecule has 1 aromatic carbocycles. The Hall–Kier alpha value is -3.67. The zero-order valence-electron chi connectivity index (χ0n) is 17.9. The minimum atomic E-state index is -5.08. The summed E-state index contributed by atoms with van der Waals surface area (Å²) in [6.07, 6.45) is -3.29. The highest BCUT2D eigenvalue weighted by molar-refractivity contribution is 7.14. The number of rotatable bonds is 5. The average Bonchev–Trinajstić information content (AvgIpc) is 3.34. The highest BCUT2D eigenvalue weighted by Crippen LogP contribution is 2.20. The van der Waals surface area contributed by atoms with Crippen molar-refractivity contribution < 1.29 is 32.7 Å². The Morgan fingerprint density at radius 2 is 1.70 bits per heavy atom. The van der Waals surface area contributed by atoms with Crippen LogP contribution in [0.2, 0.25) is 0 Å². The average molecular weight is 482 g/mol. The Kier molecular flexibility index (Phi) is 8.35. The molecule has 3 rings (SSSR count). The molecule has 0 radical (unpaired) electrons. The van der Waals surface area contributed by atoms with Gasteiger partial charge < -0.3 is 20.3 Å². The van der Waals surface area contributed by atoms with E-state index in [1.165, 1.54) is 18.3 Å². The van der Waals surface area contributed by atoms with E-state index >= 15 is 0 Å². The molecular weight excluding hydrogens is 461 g/mol. The summed E-state index contributed by atoms with van der Waals surface area (Å²) in [4.78, 5) is 38.1. The third kappa shape index (κ3) is 7.45. The number of hydrogen-bond donors (Lipinski definition) is 3. The minimum absolute atomic E-state index is 0.0900. The van der Waals surface area contributed by atoms with Crippen molar-refractivity contribution in [3.8, 4) is 5.69 Å². The molecule has 2 heterocycles. The predicted octanol–water partition coefficient (Wildman–Crippen LogP) is 4.07. The molecule has 0 aliphatic carbocycles. The number of alkyl halides is 3. The molecule has 176 valence electrons. The number of carbonyl (C=O) groups is 3. The standard InChI is InChI=1S/C19H20N4O2S.C2HF3O2/c1-12-13(2)23(11-21-12)16-6-4-15(5-7-16)22-19(25)18-9-8-17(26-18)10-20-14(3)24;3-2(4,5)1(6)7/h4-9,11H,10H2,1-3H3,(H,20,24)(H,22,25);(H,6,7). The normalized spacial score (nSPS) is 10.7. The van der Waals surface area contributed by atoms with E-state index in [1.807, 2.05) is 48.7 Å². The van der Waals surface area contributed by atoms with Gasteiger partial charge in [-0.05, 0) is 50.2 Å². The molecule has 0 saturated carbocycles. The van der Waals surface area contributed by atoms with Crippen LogP contribution in [-0.4, -0.2) is 38.6 Å². The lowest BCUT2D eigenvalue weighted by Crippen LogP contribution is -2.21. The number of anilines is 1. The first-order valence-electron chi connectivity index (χ1n) is 9.44. The molecule has 12 heteroatoms. The van der Waals surface area contributed by atoms with Crippen LogP contribution in [0, 0.1) is 13.8 Å². The van der Waals surface area contributed by atoms with Gasteiger partial charge in [-0.3, -0.25) is 9.59 Å². The third-order valence-corrected chi connectivity index (χ3v) is 5.38. The van der Waals surface area contributed by atoms with Gasteiger partial charge in [0.05, 0.1) is 23.4 Å². The zero-order chi connectivity index (χ0) is 24.8. The maximum absolute atomic E-state index is 12.4. The van der Waals surface area contributed by atoms with Gasteiger partial charge in [0.1, 0.15) is 0 Å². The van der Waals surface area contributed by atoms with E-state index in [4.69, 9.17) is 9.90 Å². The second-order valence-electron chi connectivity index (χ2n) is 6.77. The number of nitrogens with one attached hydrogen (secondary N) is 2. The van der Waals surface area contributed by atoms with Crippen LogP contribution >= 0.6 is 11.3 Å². The molecule has 2 amide bonds. The van der Waals surface area contributed by atoms with Gasteiger partial charge in [0, 0.05) is 28.9 Å². The fourth-order valence-electron chi connectivity index (χ4n) is 2.46. The van der Waals surface area contributed by atoms with Crippen molar-refractivity contribution in [1.29, 1.82) is 0 Å². The lowest BCUT2D eigenvalue weighted by atomic mass is 10.2. The number of amides is 2. The molecule has 8 nitrogen and oxygen atoms in total. The monoisotopic (exact) mass is 482 g/mol.